The molecule has 3 nitrogen and oxygen atoms in total. The quantitative estimate of drug-likeness (QED) is 0.378. The van der Waals surface area contributed by atoms with Crippen molar-refractivity contribution in [2.75, 3.05) is 6.54 Å². The van der Waals surface area contributed by atoms with Crippen molar-refractivity contribution in [3.63, 3.8) is 0 Å². The third kappa shape index (κ3) is 3.88. The fourth-order valence-electron chi connectivity index (χ4n) is 4.98. The Morgan fingerprint density at radius 3 is 2.56 bits per heavy atom. The summed E-state index contributed by atoms with van der Waals surface area (Å²) in [4.78, 5) is 20.6. The summed E-state index contributed by atoms with van der Waals surface area (Å²) in [6.45, 7) is 4.67. The van der Waals surface area contributed by atoms with Crippen LogP contribution in [0.15, 0.2) is 48.7 Å². The fourth-order valence-corrected chi connectivity index (χ4v) is 5.31. The molecule has 1 unspecified atom stereocenters. The average Bonchev–Trinajstić information content (AvgIpc) is 3.60. The molecule has 32 heavy (non-hydrogen) atoms. The van der Waals surface area contributed by atoms with Crippen LogP contribution < -0.4 is 0 Å². The first-order valence-electron chi connectivity index (χ1n) is 11.2. The maximum Gasteiger partial charge on any atom is 0.254 e. The first-order chi connectivity index (χ1) is 15.5. The molecular formula is C27H26BrFN2O. The molecule has 1 amide bonds. The highest BCUT2D eigenvalue weighted by Crippen LogP contribution is 2.46. The minimum Gasteiger partial charge on any atom is -0.329 e. The van der Waals surface area contributed by atoms with Crippen molar-refractivity contribution in [2.45, 2.75) is 44.5 Å². The monoisotopic (exact) mass is 492 g/mol. The van der Waals surface area contributed by atoms with Crippen molar-refractivity contribution < 1.29 is 9.18 Å². The molecule has 0 bridgehead atoms. The molecule has 0 saturated heterocycles. The number of pyridine rings is 1. The van der Waals surface area contributed by atoms with Crippen molar-refractivity contribution in [3.05, 3.63) is 88.0 Å². The molecule has 0 N–H and O–H groups in total. The van der Waals surface area contributed by atoms with Gasteiger partial charge in [-0.15, -0.1) is 0 Å². The summed E-state index contributed by atoms with van der Waals surface area (Å²) < 4.78 is 13.7. The summed E-state index contributed by atoms with van der Waals surface area (Å²) >= 11 is 3.57. The van der Waals surface area contributed by atoms with Crippen molar-refractivity contribution in [1.82, 2.24) is 9.88 Å². The Balaban J connectivity index is 1.59. The van der Waals surface area contributed by atoms with E-state index in [4.69, 9.17) is 0 Å². The third-order valence-electron chi connectivity index (χ3n) is 6.68. The van der Waals surface area contributed by atoms with Gasteiger partial charge in [-0.3, -0.25) is 9.78 Å². The van der Waals surface area contributed by atoms with Crippen LogP contribution in [0.5, 0.6) is 0 Å². The van der Waals surface area contributed by atoms with Crippen LogP contribution in [0.25, 0.3) is 11.1 Å². The Bertz CT molecular complexity index is 1200. The Labute approximate surface area is 196 Å². The minimum absolute atomic E-state index is 0.0270. The maximum absolute atomic E-state index is 13.9. The largest absolute Gasteiger partial charge is 0.329 e. The molecular weight excluding hydrogens is 467 g/mol. The molecule has 1 aromatic heterocycles. The predicted octanol–water partition coefficient (Wildman–Crippen LogP) is 6.55. The molecule has 1 aliphatic carbocycles. The van der Waals surface area contributed by atoms with Gasteiger partial charge in [0.05, 0.1) is 11.7 Å². The topological polar surface area (TPSA) is 33.2 Å². The molecule has 3 aromatic rings. The van der Waals surface area contributed by atoms with Crippen molar-refractivity contribution >= 4 is 21.8 Å². The summed E-state index contributed by atoms with van der Waals surface area (Å²) in [7, 11) is 0. The van der Waals surface area contributed by atoms with Crippen LogP contribution in [0.4, 0.5) is 4.39 Å². The van der Waals surface area contributed by atoms with E-state index in [9.17, 15) is 9.18 Å². The number of halogens is 2. The number of hydrogen-bond acceptors (Lipinski definition) is 2. The highest BCUT2D eigenvalue weighted by Gasteiger charge is 2.41. The molecule has 1 aliphatic heterocycles. The van der Waals surface area contributed by atoms with E-state index in [2.05, 4.69) is 40.0 Å². The van der Waals surface area contributed by atoms with Crippen LogP contribution in [-0.2, 0) is 11.8 Å². The Kier molecular flexibility index (Phi) is 5.62. The van der Waals surface area contributed by atoms with Gasteiger partial charge in [-0.05, 0) is 109 Å². The number of rotatable bonds is 5. The number of alkyl halides is 1. The normalized spacial score (nSPS) is 16.8. The molecule has 2 heterocycles. The molecule has 2 aliphatic rings. The van der Waals surface area contributed by atoms with E-state index < -0.39 is 0 Å². The lowest BCUT2D eigenvalue weighted by Crippen LogP contribution is -2.41. The number of carbonyl (C=O) groups excluding carboxylic acids is 1. The van der Waals surface area contributed by atoms with Crippen LogP contribution in [0.1, 0.15) is 57.2 Å². The molecule has 2 aromatic carbocycles. The molecule has 0 spiro atoms. The van der Waals surface area contributed by atoms with Gasteiger partial charge in [-0.2, -0.15) is 0 Å². The average molecular weight is 493 g/mol. The summed E-state index contributed by atoms with van der Waals surface area (Å²) in [6, 6.07) is 13.2. The number of nitrogens with zero attached hydrogens (tertiary/aromatic N) is 2. The van der Waals surface area contributed by atoms with Crippen molar-refractivity contribution in [3.8, 4) is 11.1 Å². The van der Waals surface area contributed by atoms with Gasteiger partial charge in [0.25, 0.3) is 5.91 Å². The van der Waals surface area contributed by atoms with E-state index in [0.717, 1.165) is 58.3 Å². The zero-order chi connectivity index (χ0) is 22.4. The van der Waals surface area contributed by atoms with Gasteiger partial charge in [0.2, 0.25) is 0 Å². The van der Waals surface area contributed by atoms with Crippen LogP contribution in [0.3, 0.4) is 0 Å². The van der Waals surface area contributed by atoms with E-state index in [1.165, 1.54) is 11.6 Å². The number of fused-ring (bicyclic) bond motifs is 1. The molecule has 0 radical (unpaired) electrons. The number of carbonyl (C=O) groups is 1. The molecule has 1 saturated carbocycles. The standard InChI is InChI=1S/C27H26BrFN2O/c1-16-7-9-30-25(11-16)26(19-3-4-19)31-10-8-22-23(21-6-5-20(29)12-17(21)2)13-18(15-28)14-24(22)27(31)32/h5-7,9,11-14,19,26H,3-4,8,10,15H2,1-2H3. The zero-order valence-electron chi connectivity index (χ0n) is 18.4. The lowest BCUT2D eigenvalue weighted by molar-refractivity contribution is 0.0627. The van der Waals surface area contributed by atoms with Gasteiger partial charge >= 0.3 is 0 Å². The van der Waals surface area contributed by atoms with Gasteiger partial charge in [-0.1, -0.05) is 22.0 Å². The van der Waals surface area contributed by atoms with E-state index in [1.807, 2.05) is 36.2 Å². The molecule has 1 fully saturated rings. The third-order valence-corrected chi connectivity index (χ3v) is 7.33. The predicted molar refractivity (Wildman–Crippen MR) is 128 cm³/mol. The van der Waals surface area contributed by atoms with Crippen LogP contribution in [-0.4, -0.2) is 22.3 Å². The molecule has 164 valence electrons. The smallest absolute Gasteiger partial charge is 0.254 e. The van der Waals surface area contributed by atoms with Gasteiger partial charge in [0.15, 0.2) is 0 Å². The van der Waals surface area contributed by atoms with Crippen molar-refractivity contribution in [1.29, 1.82) is 0 Å². The minimum atomic E-state index is -0.239. The van der Waals surface area contributed by atoms with Gasteiger partial charge in [0.1, 0.15) is 5.82 Å². The van der Waals surface area contributed by atoms with Crippen LogP contribution in [0, 0.1) is 25.6 Å². The molecule has 1 atom stereocenters. The summed E-state index contributed by atoms with van der Waals surface area (Å²) in [6.07, 6.45) is 4.91. The lowest BCUT2D eigenvalue weighted by atomic mass is 9.86. The second-order valence-corrected chi connectivity index (χ2v) is 9.61. The summed E-state index contributed by atoms with van der Waals surface area (Å²) in [5.74, 6) is 0.320. The van der Waals surface area contributed by atoms with Crippen molar-refractivity contribution in [2.24, 2.45) is 5.92 Å². The summed E-state index contributed by atoms with van der Waals surface area (Å²) in [5, 5.41) is 0.659. The zero-order valence-corrected chi connectivity index (χ0v) is 20.0. The highest BCUT2D eigenvalue weighted by atomic mass is 79.9. The Hall–Kier alpha value is -2.53. The fraction of sp³-hybridized carbons (Fsp3) is 0.333. The van der Waals surface area contributed by atoms with E-state index in [1.54, 1.807) is 6.07 Å². The summed E-state index contributed by atoms with van der Waals surface area (Å²) in [5.41, 5.74) is 7.96. The van der Waals surface area contributed by atoms with Gasteiger partial charge < -0.3 is 4.90 Å². The Morgan fingerprint density at radius 2 is 1.88 bits per heavy atom. The number of benzene rings is 2. The number of hydrogen-bond donors (Lipinski definition) is 0. The lowest BCUT2D eigenvalue weighted by Gasteiger charge is -2.36. The maximum atomic E-state index is 13.9. The highest BCUT2D eigenvalue weighted by molar-refractivity contribution is 9.08. The first kappa shape index (κ1) is 21.3. The van der Waals surface area contributed by atoms with E-state index in [0.29, 0.717) is 17.8 Å². The number of aromatic nitrogens is 1. The second kappa shape index (κ2) is 8.43. The first-order valence-corrected chi connectivity index (χ1v) is 12.3. The van der Waals surface area contributed by atoms with Gasteiger partial charge in [0, 0.05) is 23.6 Å². The second-order valence-electron chi connectivity index (χ2n) is 9.05. The van der Waals surface area contributed by atoms with Crippen LogP contribution in [0.2, 0.25) is 0 Å². The Morgan fingerprint density at radius 1 is 1.09 bits per heavy atom. The number of aryl methyl sites for hydroxylation is 2. The van der Waals surface area contributed by atoms with Crippen LogP contribution >= 0.6 is 15.9 Å². The van der Waals surface area contributed by atoms with Gasteiger partial charge in [-0.25, -0.2) is 4.39 Å². The molecule has 5 heteroatoms. The number of amides is 1. The molecule has 5 rings (SSSR count). The van der Waals surface area contributed by atoms with E-state index in [-0.39, 0.29) is 17.8 Å². The SMILES string of the molecule is Cc1ccnc(C(C2CC2)N2CCc3c(cc(CBr)cc3-c3ccc(F)cc3C)C2=O)c1. The van der Waals surface area contributed by atoms with E-state index >= 15 is 0 Å².